The maximum atomic E-state index is 12.0. The molecule has 0 saturated carbocycles. The average Bonchev–Trinajstić information content (AvgIpc) is 3.29. The normalized spacial score (nSPS) is 13.9. The Balaban J connectivity index is 1.62. The van der Waals surface area contributed by atoms with Gasteiger partial charge < -0.3 is 19.3 Å². The molecule has 3 heterocycles. The summed E-state index contributed by atoms with van der Waals surface area (Å²) in [7, 11) is 3.43. The molecule has 0 spiro atoms. The molecule has 0 bridgehead atoms. The second-order valence-corrected chi connectivity index (χ2v) is 7.42. The Labute approximate surface area is 172 Å². The van der Waals surface area contributed by atoms with Gasteiger partial charge in [-0.3, -0.25) is 9.78 Å². The van der Waals surface area contributed by atoms with Crippen molar-refractivity contribution in [2.45, 2.75) is 0 Å². The lowest BCUT2D eigenvalue weighted by Gasteiger charge is -2.26. The van der Waals surface area contributed by atoms with Crippen molar-refractivity contribution in [1.29, 1.82) is 0 Å². The molecule has 0 unspecified atom stereocenters. The Morgan fingerprint density at radius 3 is 2.55 bits per heavy atom. The minimum atomic E-state index is -0.0706. The van der Waals surface area contributed by atoms with Gasteiger partial charge in [0.15, 0.2) is 5.82 Å². The van der Waals surface area contributed by atoms with Crippen LogP contribution < -0.4 is 9.64 Å². The summed E-state index contributed by atoms with van der Waals surface area (Å²) < 4.78 is 11.3. The van der Waals surface area contributed by atoms with E-state index in [0.717, 1.165) is 4.88 Å². The fourth-order valence-corrected chi connectivity index (χ4v) is 3.32. The van der Waals surface area contributed by atoms with E-state index in [0.29, 0.717) is 49.4 Å². The molecule has 1 aromatic carbocycles. The van der Waals surface area contributed by atoms with Gasteiger partial charge in [0.05, 0.1) is 23.6 Å². The molecule has 0 aliphatic carbocycles. The van der Waals surface area contributed by atoms with Crippen molar-refractivity contribution in [1.82, 2.24) is 24.8 Å². The molecule has 1 amide bonds. The van der Waals surface area contributed by atoms with Crippen LogP contribution in [-0.4, -0.2) is 71.1 Å². The highest BCUT2D eigenvalue weighted by atomic mass is 32.1. The van der Waals surface area contributed by atoms with Crippen LogP contribution in [0.4, 0.5) is 5.95 Å². The summed E-state index contributed by atoms with van der Waals surface area (Å²) in [5.74, 6) is 1.52. The summed E-state index contributed by atoms with van der Waals surface area (Å²) >= 11 is 1.45. The van der Waals surface area contributed by atoms with Crippen molar-refractivity contribution in [3.63, 3.8) is 0 Å². The number of anilines is 1. The zero-order chi connectivity index (χ0) is 20.2. The number of hydrogen-bond acceptors (Lipinski definition) is 9. The Bertz CT molecular complexity index is 972. The molecule has 10 heteroatoms. The number of nitrogens with zero attached hydrogens (tertiary/aromatic N) is 6. The van der Waals surface area contributed by atoms with E-state index in [4.69, 9.17) is 9.47 Å². The fraction of sp³-hybridized carbons (Fsp3) is 0.316. The van der Waals surface area contributed by atoms with Crippen molar-refractivity contribution in [3.05, 3.63) is 41.5 Å². The number of carbonyl (C=O) groups excluding carboxylic acids is 1. The first-order valence-corrected chi connectivity index (χ1v) is 9.95. The van der Waals surface area contributed by atoms with Gasteiger partial charge in [0.1, 0.15) is 5.75 Å². The summed E-state index contributed by atoms with van der Waals surface area (Å²) in [4.78, 5) is 34.1. The number of thiazole rings is 1. The Morgan fingerprint density at radius 2 is 1.90 bits per heavy atom. The molecule has 1 aliphatic rings. The van der Waals surface area contributed by atoms with Gasteiger partial charge >= 0.3 is 6.01 Å². The highest BCUT2D eigenvalue weighted by molar-refractivity contribution is 7.13. The lowest BCUT2D eigenvalue weighted by molar-refractivity contribution is 0.0827. The summed E-state index contributed by atoms with van der Waals surface area (Å²) in [6.45, 7) is 2.65. The van der Waals surface area contributed by atoms with Crippen LogP contribution in [0, 0.1) is 0 Å². The van der Waals surface area contributed by atoms with Crippen molar-refractivity contribution in [2.75, 3.05) is 45.3 Å². The van der Waals surface area contributed by atoms with E-state index >= 15 is 0 Å². The average molecular weight is 412 g/mol. The maximum absolute atomic E-state index is 12.0. The topological polar surface area (TPSA) is 93.6 Å². The molecule has 29 heavy (non-hydrogen) atoms. The Morgan fingerprint density at radius 1 is 1.14 bits per heavy atom. The molecule has 0 N–H and O–H groups in total. The molecule has 4 rings (SSSR count). The first-order valence-electron chi connectivity index (χ1n) is 9.07. The molecular formula is C19H20N6O3S. The van der Waals surface area contributed by atoms with Gasteiger partial charge in [-0.25, -0.2) is 0 Å². The predicted octanol–water partition coefficient (Wildman–Crippen LogP) is 2.33. The lowest BCUT2D eigenvalue weighted by atomic mass is 10.2. The SMILES string of the molecule is CN(C)C(=O)c1ccc(Oc2nc(-c3cncs3)nc(N3CCOCC3)n2)cc1. The molecule has 1 saturated heterocycles. The second kappa shape index (κ2) is 8.50. The van der Waals surface area contributed by atoms with Gasteiger partial charge in [-0.05, 0) is 24.3 Å². The number of benzene rings is 1. The van der Waals surface area contributed by atoms with Crippen LogP contribution >= 0.6 is 11.3 Å². The van der Waals surface area contributed by atoms with Gasteiger partial charge in [-0.2, -0.15) is 15.0 Å². The number of ether oxygens (including phenoxy) is 2. The van der Waals surface area contributed by atoms with Gasteiger partial charge in [-0.1, -0.05) is 0 Å². The van der Waals surface area contributed by atoms with E-state index in [1.54, 1.807) is 50.1 Å². The predicted molar refractivity (Wildman–Crippen MR) is 109 cm³/mol. The highest BCUT2D eigenvalue weighted by Gasteiger charge is 2.19. The van der Waals surface area contributed by atoms with E-state index in [2.05, 4.69) is 19.9 Å². The standard InChI is InChI=1S/C19H20N6O3S/c1-24(2)17(26)13-3-5-14(6-4-13)28-19-22-16(15-11-20-12-29-15)21-18(23-19)25-7-9-27-10-8-25/h3-6,11-12H,7-10H2,1-2H3. The molecule has 0 radical (unpaired) electrons. The fourth-order valence-electron chi connectivity index (χ4n) is 2.76. The van der Waals surface area contributed by atoms with Crippen LogP contribution in [0.3, 0.4) is 0 Å². The van der Waals surface area contributed by atoms with Gasteiger partial charge in [0.2, 0.25) is 5.95 Å². The van der Waals surface area contributed by atoms with Crippen LogP contribution in [-0.2, 0) is 4.74 Å². The van der Waals surface area contributed by atoms with Crippen molar-refractivity contribution in [2.24, 2.45) is 0 Å². The third kappa shape index (κ3) is 4.49. The van der Waals surface area contributed by atoms with Crippen LogP contribution in [0.5, 0.6) is 11.8 Å². The van der Waals surface area contributed by atoms with Crippen LogP contribution in [0.2, 0.25) is 0 Å². The maximum Gasteiger partial charge on any atom is 0.327 e. The van der Waals surface area contributed by atoms with E-state index in [9.17, 15) is 4.79 Å². The monoisotopic (exact) mass is 412 g/mol. The molecule has 3 aromatic rings. The molecule has 150 valence electrons. The van der Waals surface area contributed by atoms with E-state index in [-0.39, 0.29) is 11.9 Å². The summed E-state index contributed by atoms with van der Waals surface area (Å²) in [6, 6.07) is 7.07. The zero-order valence-corrected chi connectivity index (χ0v) is 16.9. The van der Waals surface area contributed by atoms with Gasteiger partial charge in [-0.15, -0.1) is 11.3 Å². The van der Waals surface area contributed by atoms with Crippen LogP contribution in [0.15, 0.2) is 36.0 Å². The molecular weight excluding hydrogens is 392 g/mol. The lowest BCUT2D eigenvalue weighted by Crippen LogP contribution is -2.37. The third-order valence-electron chi connectivity index (χ3n) is 4.27. The minimum absolute atomic E-state index is 0.0706. The number of hydrogen-bond donors (Lipinski definition) is 0. The first kappa shape index (κ1) is 19.2. The molecule has 2 aromatic heterocycles. The summed E-state index contributed by atoms with van der Waals surface area (Å²) in [5.41, 5.74) is 2.31. The van der Waals surface area contributed by atoms with Crippen molar-refractivity contribution >= 4 is 23.2 Å². The highest BCUT2D eigenvalue weighted by Crippen LogP contribution is 2.26. The summed E-state index contributed by atoms with van der Waals surface area (Å²) in [6.07, 6.45) is 1.72. The molecule has 1 fully saturated rings. The zero-order valence-electron chi connectivity index (χ0n) is 16.1. The quantitative estimate of drug-likeness (QED) is 0.630. The number of carbonyl (C=O) groups is 1. The van der Waals surface area contributed by atoms with Crippen LogP contribution in [0.1, 0.15) is 10.4 Å². The number of aromatic nitrogens is 4. The number of amides is 1. The number of morpholine rings is 1. The molecule has 1 aliphatic heterocycles. The van der Waals surface area contributed by atoms with Gasteiger partial charge in [0.25, 0.3) is 5.91 Å². The smallest absolute Gasteiger partial charge is 0.327 e. The third-order valence-corrected chi connectivity index (χ3v) is 5.04. The largest absolute Gasteiger partial charge is 0.424 e. The number of rotatable bonds is 5. The Kier molecular flexibility index (Phi) is 5.63. The van der Waals surface area contributed by atoms with Crippen molar-refractivity contribution in [3.8, 4) is 22.5 Å². The first-order chi connectivity index (χ1) is 14.1. The second-order valence-electron chi connectivity index (χ2n) is 6.53. The van der Waals surface area contributed by atoms with E-state index in [1.807, 2.05) is 4.90 Å². The molecule has 9 nitrogen and oxygen atoms in total. The van der Waals surface area contributed by atoms with Gasteiger partial charge in [0, 0.05) is 38.9 Å². The summed E-state index contributed by atoms with van der Waals surface area (Å²) in [5, 5.41) is 0. The minimum Gasteiger partial charge on any atom is -0.424 e. The Hall–Kier alpha value is -3.11. The van der Waals surface area contributed by atoms with E-state index in [1.165, 1.54) is 16.2 Å². The molecule has 0 atom stereocenters. The van der Waals surface area contributed by atoms with Crippen molar-refractivity contribution < 1.29 is 14.3 Å². The van der Waals surface area contributed by atoms with Crippen LogP contribution in [0.25, 0.3) is 10.7 Å². The van der Waals surface area contributed by atoms with E-state index < -0.39 is 0 Å².